The number of carbonyl (C=O) groups excluding carboxylic acids is 1. The van der Waals surface area contributed by atoms with E-state index in [1.165, 1.54) is 25.3 Å². The number of rotatable bonds is 3. The van der Waals surface area contributed by atoms with Crippen molar-refractivity contribution in [2.24, 2.45) is 0 Å². The molecule has 0 atom stereocenters. The molecule has 0 saturated carbocycles. The summed E-state index contributed by atoms with van der Waals surface area (Å²) in [5.41, 5.74) is 5.14. The van der Waals surface area contributed by atoms with E-state index in [0.29, 0.717) is 12.1 Å². The maximum absolute atomic E-state index is 13.5. The number of carbonyl (C=O) groups is 1. The summed E-state index contributed by atoms with van der Waals surface area (Å²) in [6, 6.07) is 5.47. The molecule has 0 aliphatic heterocycles. The van der Waals surface area contributed by atoms with Crippen molar-refractivity contribution >= 4 is 17.3 Å². The highest BCUT2D eigenvalue weighted by Crippen LogP contribution is 2.26. The molecule has 3 N–H and O–H groups in total. The number of hydrogen-bond acceptors (Lipinski definition) is 3. The molecular weight excluding hydrogens is 285 g/mol. The van der Waals surface area contributed by atoms with E-state index in [9.17, 15) is 18.0 Å². The summed E-state index contributed by atoms with van der Waals surface area (Å²) in [6.45, 7) is 0. The van der Waals surface area contributed by atoms with Crippen LogP contribution >= 0.6 is 0 Å². The molecule has 0 heterocycles. The SMILES string of the molecule is COc1cccc(C(=O)Nc2cc(F)cc(F)c2F)c1N. The molecule has 2 aromatic carbocycles. The van der Waals surface area contributed by atoms with Crippen LogP contribution in [0.25, 0.3) is 0 Å². The second-order valence-electron chi connectivity index (χ2n) is 4.12. The summed E-state index contributed by atoms with van der Waals surface area (Å²) in [5, 5.41) is 2.07. The first-order valence-corrected chi connectivity index (χ1v) is 5.82. The maximum Gasteiger partial charge on any atom is 0.257 e. The Morgan fingerprint density at radius 2 is 1.95 bits per heavy atom. The Morgan fingerprint density at radius 1 is 1.24 bits per heavy atom. The zero-order valence-corrected chi connectivity index (χ0v) is 10.9. The van der Waals surface area contributed by atoms with Crippen LogP contribution in [0.3, 0.4) is 0 Å². The smallest absolute Gasteiger partial charge is 0.257 e. The van der Waals surface area contributed by atoms with Crippen molar-refractivity contribution in [3.8, 4) is 5.75 Å². The Labute approximate surface area is 118 Å². The predicted molar refractivity (Wildman–Crippen MR) is 71.7 cm³/mol. The van der Waals surface area contributed by atoms with Crippen molar-refractivity contribution in [2.45, 2.75) is 0 Å². The fourth-order valence-electron chi connectivity index (χ4n) is 1.76. The van der Waals surface area contributed by atoms with Gasteiger partial charge in [0, 0.05) is 12.1 Å². The van der Waals surface area contributed by atoms with E-state index in [2.05, 4.69) is 5.32 Å². The average Bonchev–Trinajstić information content (AvgIpc) is 2.44. The summed E-state index contributed by atoms with van der Waals surface area (Å²) >= 11 is 0. The lowest BCUT2D eigenvalue weighted by Gasteiger charge is -2.11. The highest BCUT2D eigenvalue weighted by atomic mass is 19.2. The second kappa shape index (κ2) is 5.74. The molecule has 0 fully saturated rings. The Bertz CT molecular complexity index is 705. The van der Waals surface area contributed by atoms with Gasteiger partial charge in [-0.15, -0.1) is 0 Å². The standard InChI is InChI=1S/C14H11F3N2O2/c1-21-11-4-2-3-8(13(11)18)14(20)19-10-6-7(15)5-9(16)12(10)17/h2-6H,18H2,1H3,(H,19,20). The summed E-state index contributed by atoms with van der Waals surface area (Å²) in [7, 11) is 1.37. The lowest BCUT2D eigenvalue weighted by Crippen LogP contribution is -2.16. The summed E-state index contributed by atoms with van der Waals surface area (Å²) in [6.07, 6.45) is 0. The highest BCUT2D eigenvalue weighted by Gasteiger charge is 2.17. The van der Waals surface area contributed by atoms with E-state index >= 15 is 0 Å². The van der Waals surface area contributed by atoms with E-state index in [-0.39, 0.29) is 17.0 Å². The number of benzene rings is 2. The third-order valence-electron chi connectivity index (χ3n) is 2.77. The molecule has 110 valence electrons. The van der Waals surface area contributed by atoms with E-state index in [1.54, 1.807) is 0 Å². The molecule has 0 saturated heterocycles. The number of hydrogen-bond donors (Lipinski definition) is 2. The number of amides is 1. The monoisotopic (exact) mass is 296 g/mol. The molecule has 0 bridgehead atoms. The van der Waals surface area contributed by atoms with Gasteiger partial charge in [0.15, 0.2) is 11.6 Å². The third kappa shape index (κ3) is 2.91. The lowest BCUT2D eigenvalue weighted by atomic mass is 10.1. The molecule has 2 aromatic rings. The number of nitrogen functional groups attached to an aromatic ring is 1. The molecule has 0 spiro atoms. The molecule has 0 aliphatic rings. The minimum absolute atomic E-state index is 0.00146. The molecule has 4 nitrogen and oxygen atoms in total. The number of nitrogens with one attached hydrogen (secondary N) is 1. The third-order valence-corrected chi connectivity index (χ3v) is 2.77. The summed E-state index contributed by atoms with van der Waals surface area (Å²) in [5.74, 6) is -4.32. The van der Waals surface area contributed by atoms with Gasteiger partial charge in [-0.05, 0) is 12.1 Å². The Balaban J connectivity index is 2.35. The van der Waals surface area contributed by atoms with Crippen LogP contribution in [0.5, 0.6) is 5.75 Å². The van der Waals surface area contributed by atoms with E-state index in [0.717, 1.165) is 0 Å². The fourth-order valence-corrected chi connectivity index (χ4v) is 1.76. The van der Waals surface area contributed by atoms with Crippen molar-refractivity contribution in [2.75, 3.05) is 18.2 Å². The van der Waals surface area contributed by atoms with Gasteiger partial charge in [-0.1, -0.05) is 6.07 Å². The van der Waals surface area contributed by atoms with Gasteiger partial charge in [-0.2, -0.15) is 0 Å². The van der Waals surface area contributed by atoms with Gasteiger partial charge in [0.05, 0.1) is 24.0 Å². The van der Waals surface area contributed by atoms with Crippen LogP contribution in [0.1, 0.15) is 10.4 Å². The minimum atomic E-state index is -1.40. The summed E-state index contributed by atoms with van der Waals surface area (Å²) < 4.78 is 44.6. The molecule has 0 unspecified atom stereocenters. The van der Waals surface area contributed by atoms with Crippen LogP contribution in [0.2, 0.25) is 0 Å². The molecule has 7 heteroatoms. The van der Waals surface area contributed by atoms with Crippen LogP contribution in [0, 0.1) is 17.5 Å². The van der Waals surface area contributed by atoms with E-state index < -0.39 is 29.0 Å². The van der Waals surface area contributed by atoms with Gasteiger partial charge < -0.3 is 15.8 Å². The average molecular weight is 296 g/mol. The molecule has 0 aliphatic carbocycles. The molecule has 1 amide bonds. The zero-order chi connectivity index (χ0) is 15.6. The van der Waals surface area contributed by atoms with Crippen LogP contribution in [0.15, 0.2) is 30.3 Å². The Kier molecular flexibility index (Phi) is 4.02. The molecule has 0 radical (unpaired) electrons. The first-order chi connectivity index (χ1) is 9.93. The first kappa shape index (κ1) is 14.7. The van der Waals surface area contributed by atoms with Crippen LogP contribution in [0.4, 0.5) is 24.5 Å². The van der Waals surface area contributed by atoms with Gasteiger partial charge in [0.2, 0.25) is 0 Å². The molecule has 21 heavy (non-hydrogen) atoms. The molecule has 0 aromatic heterocycles. The van der Waals surface area contributed by atoms with Crippen LogP contribution < -0.4 is 15.8 Å². The van der Waals surface area contributed by atoms with Gasteiger partial charge in [-0.3, -0.25) is 4.79 Å². The summed E-state index contributed by atoms with van der Waals surface area (Å²) in [4.78, 5) is 12.0. The van der Waals surface area contributed by atoms with Crippen LogP contribution in [-0.4, -0.2) is 13.0 Å². The van der Waals surface area contributed by atoms with Gasteiger partial charge in [0.1, 0.15) is 11.6 Å². The molecule has 2 rings (SSSR count). The van der Waals surface area contributed by atoms with Crippen molar-refractivity contribution < 1.29 is 22.7 Å². The van der Waals surface area contributed by atoms with E-state index in [4.69, 9.17) is 10.5 Å². The highest BCUT2D eigenvalue weighted by molar-refractivity contribution is 6.08. The van der Waals surface area contributed by atoms with Crippen LogP contribution in [-0.2, 0) is 0 Å². The first-order valence-electron chi connectivity index (χ1n) is 5.82. The zero-order valence-electron chi connectivity index (χ0n) is 10.9. The number of methoxy groups -OCH3 is 1. The normalized spacial score (nSPS) is 10.3. The number of para-hydroxylation sites is 1. The Morgan fingerprint density at radius 3 is 2.62 bits per heavy atom. The fraction of sp³-hybridized carbons (Fsp3) is 0.0714. The number of ether oxygens (including phenoxy) is 1. The topological polar surface area (TPSA) is 64.3 Å². The number of anilines is 2. The van der Waals surface area contributed by atoms with Crippen molar-refractivity contribution in [3.63, 3.8) is 0 Å². The largest absolute Gasteiger partial charge is 0.495 e. The lowest BCUT2D eigenvalue weighted by molar-refractivity contribution is 0.102. The maximum atomic E-state index is 13.5. The minimum Gasteiger partial charge on any atom is -0.495 e. The van der Waals surface area contributed by atoms with Gasteiger partial charge in [-0.25, -0.2) is 13.2 Å². The molecular formula is C14H11F3N2O2. The van der Waals surface area contributed by atoms with Gasteiger partial charge >= 0.3 is 0 Å². The van der Waals surface area contributed by atoms with Crippen molar-refractivity contribution in [1.82, 2.24) is 0 Å². The predicted octanol–water partition coefficient (Wildman–Crippen LogP) is 2.95. The van der Waals surface area contributed by atoms with Crippen molar-refractivity contribution in [1.29, 1.82) is 0 Å². The van der Waals surface area contributed by atoms with Gasteiger partial charge in [0.25, 0.3) is 5.91 Å². The number of halogens is 3. The second-order valence-corrected chi connectivity index (χ2v) is 4.12. The quantitative estimate of drug-likeness (QED) is 0.676. The van der Waals surface area contributed by atoms with E-state index in [1.807, 2.05) is 0 Å². The Hall–Kier alpha value is -2.70. The number of nitrogens with two attached hydrogens (primary N) is 1. The van der Waals surface area contributed by atoms with Crippen molar-refractivity contribution in [3.05, 3.63) is 53.3 Å².